The number of nitrogens with one attached hydrogen (secondary N) is 2. The van der Waals surface area contributed by atoms with Gasteiger partial charge in [-0.25, -0.2) is 4.39 Å². The summed E-state index contributed by atoms with van der Waals surface area (Å²) in [5.74, 6) is -0.567. The molecule has 1 aromatic rings. The molecule has 8 heteroatoms. The van der Waals surface area contributed by atoms with Gasteiger partial charge in [0, 0.05) is 44.8 Å². The number of hydrogen-bond donors (Lipinski definition) is 2. The van der Waals surface area contributed by atoms with Gasteiger partial charge in [-0.05, 0) is 31.5 Å². The van der Waals surface area contributed by atoms with Gasteiger partial charge in [-0.1, -0.05) is 12.1 Å². The lowest BCUT2D eigenvalue weighted by Gasteiger charge is -2.41. The smallest absolute Gasteiger partial charge is 0.237 e. The van der Waals surface area contributed by atoms with E-state index in [2.05, 4.69) is 29.4 Å². The van der Waals surface area contributed by atoms with E-state index in [0.717, 1.165) is 18.7 Å². The number of ether oxygens (including phenoxy) is 1. The van der Waals surface area contributed by atoms with Gasteiger partial charge in [0.05, 0.1) is 25.7 Å². The first kappa shape index (κ1) is 21.7. The lowest BCUT2D eigenvalue weighted by atomic mass is 10.0. The van der Waals surface area contributed by atoms with Gasteiger partial charge in [0.2, 0.25) is 11.8 Å². The predicted octanol–water partition coefficient (Wildman–Crippen LogP) is 0.743. The summed E-state index contributed by atoms with van der Waals surface area (Å²) in [6, 6.07) is 5.72. The summed E-state index contributed by atoms with van der Waals surface area (Å²) < 4.78 is 18.6. The van der Waals surface area contributed by atoms with Crippen molar-refractivity contribution in [3.63, 3.8) is 0 Å². The van der Waals surface area contributed by atoms with E-state index >= 15 is 0 Å². The Labute approximate surface area is 171 Å². The third-order valence-electron chi connectivity index (χ3n) is 5.70. The maximum atomic E-state index is 13.2. The monoisotopic (exact) mass is 406 g/mol. The van der Waals surface area contributed by atoms with Crippen molar-refractivity contribution in [1.29, 1.82) is 0 Å². The normalized spacial score (nSPS) is 21.6. The summed E-state index contributed by atoms with van der Waals surface area (Å²) in [5, 5.41) is 5.85. The number of halogens is 1. The SMILES string of the molecule is CC(C)(CNC(=O)CC1C(=O)NCCN1Cc1ccc(F)cc1)N1CCOCC1. The Bertz CT molecular complexity index is 704. The lowest BCUT2D eigenvalue weighted by molar-refractivity contribution is -0.134. The highest BCUT2D eigenvalue weighted by atomic mass is 19.1. The van der Waals surface area contributed by atoms with E-state index in [9.17, 15) is 14.0 Å². The number of benzene rings is 1. The third-order valence-corrected chi connectivity index (χ3v) is 5.70. The van der Waals surface area contributed by atoms with Crippen molar-refractivity contribution in [3.8, 4) is 0 Å². The van der Waals surface area contributed by atoms with Gasteiger partial charge in [-0.3, -0.25) is 19.4 Å². The Morgan fingerprint density at radius 1 is 1.24 bits per heavy atom. The van der Waals surface area contributed by atoms with Gasteiger partial charge < -0.3 is 15.4 Å². The second-order valence-corrected chi connectivity index (χ2v) is 8.30. The zero-order valence-electron chi connectivity index (χ0n) is 17.2. The first-order valence-electron chi connectivity index (χ1n) is 10.2. The van der Waals surface area contributed by atoms with E-state index < -0.39 is 6.04 Å². The van der Waals surface area contributed by atoms with E-state index in [4.69, 9.17) is 4.74 Å². The summed E-state index contributed by atoms with van der Waals surface area (Å²) >= 11 is 0. The Morgan fingerprint density at radius 3 is 2.62 bits per heavy atom. The molecule has 0 spiro atoms. The van der Waals surface area contributed by atoms with Crippen molar-refractivity contribution >= 4 is 11.8 Å². The number of hydrogen-bond acceptors (Lipinski definition) is 5. The molecule has 0 bridgehead atoms. The van der Waals surface area contributed by atoms with Crippen molar-refractivity contribution in [2.75, 3.05) is 45.9 Å². The van der Waals surface area contributed by atoms with Gasteiger partial charge in [-0.2, -0.15) is 0 Å². The molecule has 2 aliphatic rings. The minimum absolute atomic E-state index is 0.103. The van der Waals surface area contributed by atoms with Gasteiger partial charge in [-0.15, -0.1) is 0 Å². The molecule has 7 nitrogen and oxygen atoms in total. The average molecular weight is 407 g/mol. The fourth-order valence-corrected chi connectivity index (χ4v) is 3.84. The summed E-state index contributed by atoms with van der Waals surface area (Å²) in [6.45, 7) is 9.53. The second-order valence-electron chi connectivity index (χ2n) is 8.30. The maximum Gasteiger partial charge on any atom is 0.237 e. The zero-order valence-corrected chi connectivity index (χ0v) is 17.2. The summed E-state index contributed by atoms with van der Waals surface area (Å²) in [4.78, 5) is 29.3. The predicted molar refractivity (Wildman–Crippen MR) is 108 cm³/mol. The van der Waals surface area contributed by atoms with Crippen LogP contribution in [0, 0.1) is 5.82 Å². The average Bonchev–Trinajstić information content (AvgIpc) is 2.71. The van der Waals surface area contributed by atoms with E-state index in [1.807, 2.05) is 4.90 Å². The number of amides is 2. The van der Waals surface area contributed by atoms with Crippen molar-refractivity contribution < 1.29 is 18.7 Å². The molecule has 160 valence electrons. The molecule has 2 saturated heterocycles. The van der Waals surface area contributed by atoms with Gasteiger partial charge >= 0.3 is 0 Å². The largest absolute Gasteiger partial charge is 0.379 e. The van der Waals surface area contributed by atoms with Crippen molar-refractivity contribution in [1.82, 2.24) is 20.4 Å². The quantitative estimate of drug-likeness (QED) is 0.699. The minimum atomic E-state index is -0.527. The molecule has 0 aliphatic carbocycles. The maximum absolute atomic E-state index is 13.2. The highest BCUT2D eigenvalue weighted by Gasteiger charge is 2.33. The number of carbonyl (C=O) groups is 2. The van der Waals surface area contributed by atoms with E-state index in [1.165, 1.54) is 12.1 Å². The Balaban J connectivity index is 1.55. The number of nitrogens with zero attached hydrogens (tertiary/aromatic N) is 2. The molecule has 0 saturated carbocycles. The van der Waals surface area contributed by atoms with Crippen LogP contribution < -0.4 is 10.6 Å². The van der Waals surface area contributed by atoms with Gasteiger partial charge in [0.1, 0.15) is 5.82 Å². The molecule has 1 atom stereocenters. The van der Waals surface area contributed by atoms with Crippen LogP contribution in [0.2, 0.25) is 0 Å². The van der Waals surface area contributed by atoms with Gasteiger partial charge in [0.15, 0.2) is 0 Å². The highest BCUT2D eigenvalue weighted by molar-refractivity contribution is 5.88. The number of rotatable bonds is 7. The summed E-state index contributed by atoms with van der Waals surface area (Å²) in [7, 11) is 0. The molecule has 29 heavy (non-hydrogen) atoms. The molecule has 3 rings (SSSR count). The Morgan fingerprint density at radius 2 is 1.93 bits per heavy atom. The van der Waals surface area contributed by atoms with Crippen LogP contribution >= 0.6 is 0 Å². The van der Waals surface area contributed by atoms with Crippen LogP contribution in [0.4, 0.5) is 4.39 Å². The molecule has 2 aliphatic heterocycles. The molecule has 0 aromatic heterocycles. The van der Waals surface area contributed by atoms with E-state index in [0.29, 0.717) is 39.4 Å². The van der Waals surface area contributed by atoms with Crippen LogP contribution in [-0.4, -0.2) is 79.1 Å². The molecule has 2 amide bonds. The van der Waals surface area contributed by atoms with Gasteiger partial charge in [0.25, 0.3) is 0 Å². The van der Waals surface area contributed by atoms with Crippen LogP contribution in [0.5, 0.6) is 0 Å². The lowest BCUT2D eigenvalue weighted by Crippen LogP contribution is -2.58. The summed E-state index contributed by atoms with van der Waals surface area (Å²) in [6.07, 6.45) is 0.103. The minimum Gasteiger partial charge on any atom is -0.379 e. The van der Waals surface area contributed by atoms with Crippen LogP contribution in [0.3, 0.4) is 0 Å². The molecule has 1 unspecified atom stereocenters. The number of morpholine rings is 1. The second kappa shape index (κ2) is 9.65. The Kier molecular flexibility index (Phi) is 7.21. The van der Waals surface area contributed by atoms with Crippen molar-refractivity contribution in [2.24, 2.45) is 0 Å². The molecule has 0 radical (unpaired) electrons. The molecular weight excluding hydrogens is 375 g/mol. The number of carbonyl (C=O) groups excluding carboxylic acids is 2. The third kappa shape index (κ3) is 5.98. The molecule has 2 fully saturated rings. The number of piperazine rings is 1. The van der Waals surface area contributed by atoms with Crippen molar-refractivity contribution in [3.05, 3.63) is 35.6 Å². The van der Waals surface area contributed by atoms with Crippen molar-refractivity contribution in [2.45, 2.75) is 38.4 Å². The van der Waals surface area contributed by atoms with Crippen LogP contribution in [0.15, 0.2) is 24.3 Å². The highest BCUT2D eigenvalue weighted by Crippen LogP contribution is 2.17. The van der Waals surface area contributed by atoms with E-state index in [1.54, 1.807) is 12.1 Å². The van der Waals surface area contributed by atoms with Crippen LogP contribution in [0.1, 0.15) is 25.8 Å². The fourth-order valence-electron chi connectivity index (χ4n) is 3.84. The summed E-state index contributed by atoms with van der Waals surface area (Å²) in [5.41, 5.74) is 0.738. The zero-order chi connectivity index (χ0) is 20.9. The molecule has 2 N–H and O–H groups in total. The van der Waals surface area contributed by atoms with Crippen LogP contribution in [0.25, 0.3) is 0 Å². The molecule has 1 aromatic carbocycles. The van der Waals surface area contributed by atoms with E-state index in [-0.39, 0.29) is 29.6 Å². The topological polar surface area (TPSA) is 73.9 Å². The molecular formula is C21H31FN4O3. The molecule has 2 heterocycles. The standard InChI is InChI=1S/C21H31FN4O3/c1-21(2,26-9-11-29-12-10-26)15-24-19(27)13-18-20(28)23-7-8-25(18)14-16-3-5-17(22)6-4-16/h3-6,18H,7-15H2,1-2H3,(H,23,28)(H,24,27). The first-order valence-corrected chi connectivity index (χ1v) is 10.2. The van der Waals surface area contributed by atoms with Crippen LogP contribution in [-0.2, 0) is 20.9 Å². The Hall–Kier alpha value is -2.03. The first-order chi connectivity index (χ1) is 13.8. The fraction of sp³-hybridized carbons (Fsp3) is 0.619.